The summed E-state index contributed by atoms with van der Waals surface area (Å²) in [5.41, 5.74) is 2.95. The number of aryl methyl sites for hydroxylation is 1. The molecule has 0 aliphatic rings. The number of halogens is 3. The van der Waals surface area contributed by atoms with Crippen molar-refractivity contribution in [1.29, 1.82) is 0 Å². The van der Waals surface area contributed by atoms with Crippen LogP contribution in [-0.4, -0.2) is 5.11 Å². The number of aliphatic hydroxyl groups excluding tert-OH is 1. The van der Waals surface area contributed by atoms with E-state index in [4.69, 9.17) is 23.2 Å². The number of aliphatic hydroxyl groups is 1. The second-order valence-electron chi connectivity index (χ2n) is 4.53. The molecule has 0 spiro atoms. The zero-order valence-electron chi connectivity index (χ0n) is 10.3. The lowest BCUT2D eigenvalue weighted by Crippen LogP contribution is -2.02. The summed E-state index contributed by atoms with van der Waals surface area (Å²) in [6.45, 7) is 2.00. The smallest absolute Gasteiger partial charge is 0.0830 e. The first-order valence-corrected chi connectivity index (χ1v) is 7.39. The van der Waals surface area contributed by atoms with Crippen molar-refractivity contribution >= 4 is 39.1 Å². The van der Waals surface area contributed by atoms with Gasteiger partial charge in [0.15, 0.2) is 0 Å². The van der Waals surface area contributed by atoms with E-state index in [0.29, 0.717) is 16.5 Å². The van der Waals surface area contributed by atoms with Crippen LogP contribution in [0.5, 0.6) is 0 Å². The van der Waals surface area contributed by atoms with Gasteiger partial charge in [0.2, 0.25) is 0 Å². The lowest BCUT2D eigenvalue weighted by Gasteiger charge is -2.13. The third kappa shape index (κ3) is 3.96. The third-order valence-corrected chi connectivity index (χ3v) is 4.06. The van der Waals surface area contributed by atoms with Gasteiger partial charge in [-0.3, -0.25) is 0 Å². The van der Waals surface area contributed by atoms with E-state index in [9.17, 15) is 5.11 Å². The molecular formula is C15H13BrCl2O. The molecule has 0 radical (unpaired) electrons. The predicted molar refractivity (Wildman–Crippen MR) is 84.0 cm³/mol. The highest BCUT2D eigenvalue weighted by atomic mass is 79.9. The van der Waals surface area contributed by atoms with E-state index >= 15 is 0 Å². The molecule has 0 saturated heterocycles. The molecular weight excluding hydrogens is 347 g/mol. The van der Waals surface area contributed by atoms with Crippen molar-refractivity contribution in [2.24, 2.45) is 0 Å². The average Bonchev–Trinajstić information content (AvgIpc) is 2.32. The molecule has 2 aromatic rings. The topological polar surface area (TPSA) is 20.2 Å². The van der Waals surface area contributed by atoms with Gasteiger partial charge in [0.1, 0.15) is 0 Å². The minimum Gasteiger partial charge on any atom is -0.388 e. The second-order valence-corrected chi connectivity index (χ2v) is 6.26. The van der Waals surface area contributed by atoms with Crippen LogP contribution in [0.4, 0.5) is 0 Å². The molecule has 0 aromatic heterocycles. The molecule has 0 fully saturated rings. The van der Waals surface area contributed by atoms with Gasteiger partial charge in [0, 0.05) is 10.9 Å². The van der Waals surface area contributed by atoms with E-state index in [1.807, 2.05) is 31.2 Å². The first-order chi connectivity index (χ1) is 8.95. The fraction of sp³-hybridized carbons (Fsp3) is 0.200. The minimum atomic E-state index is -0.562. The minimum absolute atomic E-state index is 0.507. The molecule has 0 aliphatic heterocycles. The van der Waals surface area contributed by atoms with Crippen LogP contribution in [-0.2, 0) is 6.42 Å². The van der Waals surface area contributed by atoms with Crippen LogP contribution in [0.15, 0.2) is 40.9 Å². The predicted octanol–water partition coefficient (Wildman–Crippen LogP) is 5.34. The molecule has 0 aliphatic carbocycles. The van der Waals surface area contributed by atoms with Crippen LogP contribution in [0.2, 0.25) is 10.0 Å². The van der Waals surface area contributed by atoms with Crippen molar-refractivity contribution in [2.75, 3.05) is 0 Å². The molecule has 0 amide bonds. The number of hydrogen-bond donors (Lipinski definition) is 1. The zero-order chi connectivity index (χ0) is 14.0. The van der Waals surface area contributed by atoms with Gasteiger partial charge in [0.25, 0.3) is 0 Å². The van der Waals surface area contributed by atoms with Crippen LogP contribution in [0, 0.1) is 6.92 Å². The SMILES string of the molecule is Cc1cc(Br)cc(C(O)Cc2ccc(Cl)c(Cl)c2)c1. The number of benzene rings is 2. The van der Waals surface area contributed by atoms with Gasteiger partial charge < -0.3 is 5.11 Å². The van der Waals surface area contributed by atoms with Crippen LogP contribution >= 0.6 is 39.1 Å². The highest BCUT2D eigenvalue weighted by Crippen LogP contribution is 2.27. The van der Waals surface area contributed by atoms with Gasteiger partial charge in [0.05, 0.1) is 16.1 Å². The summed E-state index contributed by atoms with van der Waals surface area (Å²) in [7, 11) is 0. The Kier molecular flexibility index (Phi) is 4.91. The molecule has 1 atom stereocenters. The van der Waals surface area contributed by atoms with Crippen LogP contribution < -0.4 is 0 Å². The van der Waals surface area contributed by atoms with E-state index in [2.05, 4.69) is 15.9 Å². The molecule has 1 N–H and O–H groups in total. The van der Waals surface area contributed by atoms with Crippen molar-refractivity contribution in [3.8, 4) is 0 Å². The maximum atomic E-state index is 10.3. The maximum absolute atomic E-state index is 10.3. The average molecular weight is 360 g/mol. The summed E-state index contributed by atoms with van der Waals surface area (Å²) >= 11 is 15.3. The van der Waals surface area contributed by atoms with Crippen LogP contribution in [0.25, 0.3) is 0 Å². The van der Waals surface area contributed by atoms with Gasteiger partial charge in [-0.1, -0.05) is 51.3 Å². The van der Waals surface area contributed by atoms with E-state index < -0.39 is 6.10 Å². The zero-order valence-corrected chi connectivity index (χ0v) is 13.4. The van der Waals surface area contributed by atoms with Gasteiger partial charge in [-0.25, -0.2) is 0 Å². The Bertz CT molecular complexity index is 578. The van der Waals surface area contributed by atoms with E-state index in [1.54, 1.807) is 12.1 Å². The summed E-state index contributed by atoms with van der Waals surface area (Å²) in [6, 6.07) is 11.3. The maximum Gasteiger partial charge on any atom is 0.0830 e. The lowest BCUT2D eigenvalue weighted by molar-refractivity contribution is 0.178. The Labute approximate surface area is 131 Å². The highest BCUT2D eigenvalue weighted by molar-refractivity contribution is 9.10. The summed E-state index contributed by atoms with van der Waals surface area (Å²) in [5.74, 6) is 0. The van der Waals surface area contributed by atoms with Gasteiger partial charge in [-0.2, -0.15) is 0 Å². The summed E-state index contributed by atoms with van der Waals surface area (Å²) in [5, 5.41) is 11.3. The van der Waals surface area contributed by atoms with E-state index in [1.165, 1.54) is 0 Å². The van der Waals surface area contributed by atoms with Crippen molar-refractivity contribution in [1.82, 2.24) is 0 Å². The highest BCUT2D eigenvalue weighted by Gasteiger charge is 2.11. The van der Waals surface area contributed by atoms with Crippen LogP contribution in [0.1, 0.15) is 22.8 Å². The summed E-state index contributed by atoms with van der Waals surface area (Å²) in [6.07, 6.45) is -0.0549. The standard InChI is InChI=1S/C15H13BrCl2O/c1-9-4-11(8-12(16)5-9)15(19)7-10-2-3-13(17)14(18)6-10/h2-6,8,15,19H,7H2,1H3. The van der Waals surface area contributed by atoms with Crippen molar-refractivity contribution in [3.63, 3.8) is 0 Å². The Morgan fingerprint density at radius 2 is 1.84 bits per heavy atom. The number of rotatable bonds is 3. The Morgan fingerprint density at radius 3 is 2.47 bits per heavy atom. The Morgan fingerprint density at radius 1 is 1.11 bits per heavy atom. The van der Waals surface area contributed by atoms with Crippen molar-refractivity contribution in [2.45, 2.75) is 19.4 Å². The largest absolute Gasteiger partial charge is 0.388 e. The molecule has 19 heavy (non-hydrogen) atoms. The Hall–Kier alpha value is -0.540. The van der Waals surface area contributed by atoms with Crippen molar-refractivity contribution in [3.05, 3.63) is 67.6 Å². The van der Waals surface area contributed by atoms with Crippen molar-refractivity contribution < 1.29 is 5.11 Å². The van der Waals surface area contributed by atoms with Crippen LogP contribution in [0.3, 0.4) is 0 Å². The fourth-order valence-electron chi connectivity index (χ4n) is 1.96. The molecule has 0 bridgehead atoms. The second kappa shape index (κ2) is 6.27. The molecule has 0 saturated carbocycles. The van der Waals surface area contributed by atoms with E-state index in [0.717, 1.165) is 21.2 Å². The molecule has 1 nitrogen and oxygen atoms in total. The first-order valence-electron chi connectivity index (χ1n) is 5.85. The molecule has 0 heterocycles. The van der Waals surface area contributed by atoms with Gasteiger partial charge >= 0.3 is 0 Å². The summed E-state index contributed by atoms with van der Waals surface area (Å²) in [4.78, 5) is 0. The van der Waals surface area contributed by atoms with E-state index in [-0.39, 0.29) is 0 Å². The molecule has 100 valence electrons. The fourth-order valence-corrected chi connectivity index (χ4v) is 2.91. The van der Waals surface area contributed by atoms with Gasteiger partial charge in [-0.05, 0) is 47.9 Å². The molecule has 4 heteroatoms. The normalized spacial score (nSPS) is 12.5. The monoisotopic (exact) mass is 358 g/mol. The first kappa shape index (κ1) is 14.9. The number of hydrogen-bond acceptors (Lipinski definition) is 1. The lowest BCUT2D eigenvalue weighted by atomic mass is 10.0. The third-order valence-electron chi connectivity index (χ3n) is 2.86. The molecule has 2 rings (SSSR count). The Balaban J connectivity index is 2.20. The molecule has 1 unspecified atom stereocenters. The quantitative estimate of drug-likeness (QED) is 0.784. The molecule has 2 aromatic carbocycles. The van der Waals surface area contributed by atoms with Gasteiger partial charge in [-0.15, -0.1) is 0 Å². The summed E-state index contributed by atoms with van der Waals surface area (Å²) < 4.78 is 0.968.